The quantitative estimate of drug-likeness (QED) is 0.748. The number of fused-ring (bicyclic) bond motifs is 1. The second-order valence-electron chi connectivity index (χ2n) is 5.23. The van der Waals surface area contributed by atoms with Crippen molar-refractivity contribution >= 4 is 17.5 Å². The second kappa shape index (κ2) is 6.47. The van der Waals surface area contributed by atoms with Crippen molar-refractivity contribution in [2.45, 2.75) is 18.8 Å². The molecule has 8 nitrogen and oxygen atoms in total. The number of nitrogens with one attached hydrogen (secondary N) is 3. The number of nitrogens with zero attached hydrogens (tertiary/aromatic N) is 2. The molecule has 1 aliphatic heterocycles. The molecule has 0 fully saturated rings. The molecule has 2 heterocycles. The number of rotatable bonds is 5. The normalized spacial score (nSPS) is 16.4. The Bertz CT molecular complexity index is 714. The summed E-state index contributed by atoms with van der Waals surface area (Å²) in [6.07, 6.45) is 2.31. The molecule has 0 saturated carbocycles. The number of ether oxygens (including phenoxy) is 1. The Morgan fingerprint density at radius 2 is 2.35 bits per heavy atom. The van der Waals surface area contributed by atoms with Crippen LogP contribution in [-0.4, -0.2) is 40.9 Å². The molecule has 0 saturated heterocycles. The Morgan fingerprint density at radius 1 is 1.48 bits per heavy atom. The average molecular weight is 315 g/mol. The van der Waals surface area contributed by atoms with Crippen LogP contribution in [-0.2, 0) is 16.0 Å². The fraction of sp³-hybridized carbons (Fsp3) is 0.333. The van der Waals surface area contributed by atoms with Crippen LogP contribution < -0.4 is 15.4 Å². The van der Waals surface area contributed by atoms with E-state index in [1.165, 1.54) is 7.11 Å². The molecule has 8 heteroatoms. The highest BCUT2D eigenvalue weighted by Gasteiger charge is 2.32. The van der Waals surface area contributed by atoms with Crippen molar-refractivity contribution < 1.29 is 14.3 Å². The van der Waals surface area contributed by atoms with Crippen molar-refractivity contribution in [3.05, 3.63) is 35.7 Å². The number of anilines is 1. The summed E-state index contributed by atoms with van der Waals surface area (Å²) in [6, 6.07) is 5.40. The lowest BCUT2D eigenvalue weighted by Crippen LogP contribution is -2.36. The van der Waals surface area contributed by atoms with Crippen molar-refractivity contribution in [1.82, 2.24) is 20.7 Å². The molecule has 120 valence electrons. The molecule has 0 unspecified atom stereocenters. The molecule has 3 N–H and O–H groups in total. The first-order chi connectivity index (χ1) is 11.2. The molecule has 0 spiro atoms. The Hall–Kier alpha value is -2.90. The van der Waals surface area contributed by atoms with Crippen LogP contribution in [0.2, 0.25) is 0 Å². The van der Waals surface area contributed by atoms with Crippen LogP contribution in [0.1, 0.15) is 23.6 Å². The van der Waals surface area contributed by atoms with E-state index in [4.69, 9.17) is 4.74 Å². The van der Waals surface area contributed by atoms with Gasteiger partial charge in [0.05, 0.1) is 30.6 Å². The Morgan fingerprint density at radius 3 is 3.09 bits per heavy atom. The van der Waals surface area contributed by atoms with Gasteiger partial charge in [0.2, 0.25) is 11.8 Å². The molecule has 0 bridgehead atoms. The topological polar surface area (TPSA) is 109 Å². The zero-order valence-electron chi connectivity index (χ0n) is 12.6. The van der Waals surface area contributed by atoms with Gasteiger partial charge in [-0.25, -0.2) is 0 Å². The van der Waals surface area contributed by atoms with Gasteiger partial charge >= 0.3 is 0 Å². The number of para-hydroxylation sites is 1. The summed E-state index contributed by atoms with van der Waals surface area (Å²) in [4.78, 5) is 24.4. The average Bonchev–Trinajstić information content (AvgIpc) is 3.06. The fourth-order valence-corrected chi connectivity index (χ4v) is 2.64. The number of H-pyrrole nitrogens is 1. The number of aromatic amines is 1. The number of hydrogen-bond acceptors (Lipinski definition) is 5. The van der Waals surface area contributed by atoms with E-state index < -0.39 is 5.92 Å². The summed E-state index contributed by atoms with van der Waals surface area (Å²) in [6.45, 7) is 0.433. The van der Waals surface area contributed by atoms with Gasteiger partial charge in [0.15, 0.2) is 0 Å². The standard InChI is InChI=1S/C15H17N5O3/c1-23-12-4-2-3-10-11(7-13(21)18-14(10)12)15(22)16-6-5-9-8-17-20-19-9/h2-4,8,11H,5-7H2,1H3,(H,16,22)(H,18,21)(H,17,19,20)/t11-/m1/s1. The summed E-state index contributed by atoms with van der Waals surface area (Å²) in [5.74, 6) is -0.349. The van der Waals surface area contributed by atoms with Crippen LogP contribution in [0.15, 0.2) is 24.4 Å². The van der Waals surface area contributed by atoms with E-state index in [2.05, 4.69) is 26.0 Å². The van der Waals surface area contributed by atoms with E-state index in [9.17, 15) is 9.59 Å². The number of aromatic nitrogens is 3. The number of carbonyl (C=O) groups is 2. The Balaban J connectivity index is 1.72. The van der Waals surface area contributed by atoms with Gasteiger partial charge in [-0.2, -0.15) is 15.4 Å². The molecule has 1 aromatic heterocycles. The third kappa shape index (κ3) is 3.15. The largest absolute Gasteiger partial charge is 0.495 e. The van der Waals surface area contributed by atoms with Gasteiger partial charge in [-0.3, -0.25) is 9.59 Å². The Kier molecular flexibility index (Phi) is 4.22. The van der Waals surface area contributed by atoms with Gasteiger partial charge < -0.3 is 15.4 Å². The Labute approximate surface area is 132 Å². The smallest absolute Gasteiger partial charge is 0.228 e. The van der Waals surface area contributed by atoms with Gasteiger partial charge in [-0.15, -0.1) is 0 Å². The lowest BCUT2D eigenvalue weighted by molar-refractivity contribution is -0.126. The van der Waals surface area contributed by atoms with Crippen LogP contribution in [0.5, 0.6) is 5.75 Å². The van der Waals surface area contributed by atoms with E-state index >= 15 is 0 Å². The van der Waals surface area contributed by atoms with Crippen molar-refractivity contribution in [2.24, 2.45) is 0 Å². The molecule has 1 atom stereocenters. The van der Waals surface area contributed by atoms with Gasteiger partial charge in [-0.1, -0.05) is 12.1 Å². The summed E-state index contributed by atoms with van der Waals surface area (Å²) >= 11 is 0. The fourth-order valence-electron chi connectivity index (χ4n) is 2.64. The predicted molar refractivity (Wildman–Crippen MR) is 82.1 cm³/mol. The highest BCUT2D eigenvalue weighted by Crippen LogP contribution is 2.38. The third-order valence-corrected chi connectivity index (χ3v) is 3.77. The van der Waals surface area contributed by atoms with E-state index in [1.807, 2.05) is 12.1 Å². The number of hydrogen-bond donors (Lipinski definition) is 3. The van der Waals surface area contributed by atoms with E-state index in [0.717, 1.165) is 11.3 Å². The van der Waals surface area contributed by atoms with Gasteiger partial charge in [0.1, 0.15) is 5.75 Å². The van der Waals surface area contributed by atoms with Crippen LogP contribution >= 0.6 is 0 Å². The molecule has 0 aliphatic carbocycles. The highest BCUT2D eigenvalue weighted by molar-refractivity contribution is 6.02. The van der Waals surface area contributed by atoms with Gasteiger partial charge in [0.25, 0.3) is 0 Å². The molecule has 0 radical (unpaired) electrons. The van der Waals surface area contributed by atoms with Crippen molar-refractivity contribution in [3.63, 3.8) is 0 Å². The van der Waals surface area contributed by atoms with E-state index in [1.54, 1.807) is 12.3 Å². The van der Waals surface area contributed by atoms with Crippen LogP contribution in [0, 0.1) is 0 Å². The summed E-state index contributed by atoms with van der Waals surface area (Å²) in [7, 11) is 1.53. The van der Waals surface area contributed by atoms with Crippen LogP contribution in [0.25, 0.3) is 0 Å². The second-order valence-corrected chi connectivity index (χ2v) is 5.23. The van der Waals surface area contributed by atoms with E-state index in [0.29, 0.717) is 24.4 Å². The summed E-state index contributed by atoms with van der Waals surface area (Å²) in [5.41, 5.74) is 2.11. The molecule has 23 heavy (non-hydrogen) atoms. The number of benzene rings is 1. The SMILES string of the molecule is COc1cccc2c1NC(=O)C[C@H]2C(=O)NCCc1cn[nH]n1. The minimum absolute atomic E-state index is 0.121. The van der Waals surface area contributed by atoms with Gasteiger partial charge in [-0.05, 0) is 11.6 Å². The maximum absolute atomic E-state index is 12.5. The number of methoxy groups -OCH3 is 1. The predicted octanol–water partition coefficient (Wildman–Crippen LogP) is 0.598. The lowest BCUT2D eigenvalue weighted by Gasteiger charge is -2.26. The first-order valence-corrected chi connectivity index (χ1v) is 7.28. The summed E-state index contributed by atoms with van der Waals surface area (Å²) < 4.78 is 5.25. The molecule has 3 rings (SSSR count). The molecule has 2 amide bonds. The first kappa shape index (κ1) is 15.0. The zero-order valence-corrected chi connectivity index (χ0v) is 12.6. The molecular weight excluding hydrogens is 298 g/mol. The third-order valence-electron chi connectivity index (χ3n) is 3.77. The van der Waals surface area contributed by atoms with Crippen LogP contribution in [0.4, 0.5) is 5.69 Å². The zero-order chi connectivity index (χ0) is 16.2. The monoisotopic (exact) mass is 315 g/mol. The maximum atomic E-state index is 12.5. The van der Waals surface area contributed by atoms with E-state index in [-0.39, 0.29) is 18.2 Å². The molecule has 2 aromatic rings. The number of amides is 2. The van der Waals surface area contributed by atoms with Crippen molar-refractivity contribution in [2.75, 3.05) is 19.0 Å². The maximum Gasteiger partial charge on any atom is 0.228 e. The van der Waals surface area contributed by atoms with Crippen LogP contribution in [0.3, 0.4) is 0 Å². The first-order valence-electron chi connectivity index (χ1n) is 7.28. The van der Waals surface area contributed by atoms with Crippen molar-refractivity contribution in [3.8, 4) is 5.75 Å². The minimum Gasteiger partial charge on any atom is -0.495 e. The van der Waals surface area contributed by atoms with Crippen molar-refractivity contribution in [1.29, 1.82) is 0 Å². The highest BCUT2D eigenvalue weighted by atomic mass is 16.5. The number of carbonyl (C=O) groups excluding carboxylic acids is 2. The molecular formula is C15H17N5O3. The molecule has 1 aliphatic rings. The van der Waals surface area contributed by atoms with Gasteiger partial charge in [0, 0.05) is 19.4 Å². The lowest BCUT2D eigenvalue weighted by atomic mass is 9.89. The minimum atomic E-state index is -0.522. The molecule has 1 aromatic carbocycles. The summed E-state index contributed by atoms with van der Waals surface area (Å²) in [5, 5.41) is 15.8.